The van der Waals surface area contributed by atoms with Crippen LogP contribution in [-0.4, -0.2) is 15.1 Å². The molecule has 0 amide bonds. The Hall–Kier alpha value is -2.42. The third-order valence-corrected chi connectivity index (χ3v) is 2.65. The second kappa shape index (κ2) is 3.87. The second-order valence-electron chi connectivity index (χ2n) is 3.76. The van der Waals surface area contributed by atoms with Gasteiger partial charge in [0, 0.05) is 17.6 Å². The average Bonchev–Trinajstić information content (AvgIpc) is 2.38. The highest BCUT2D eigenvalue weighted by Crippen LogP contribution is 2.25. The van der Waals surface area contributed by atoms with Crippen LogP contribution in [0.4, 0.5) is 0 Å². The van der Waals surface area contributed by atoms with Gasteiger partial charge in [-0.3, -0.25) is 4.98 Å². The Balaban J connectivity index is 2.30. The highest BCUT2D eigenvalue weighted by molar-refractivity contribution is 5.93. The Morgan fingerprint density at radius 3 is 2.65 bits per heavy atom. The molecule has 0 aliphatic rings. The number of hydrogen-bond acceptors (Lipinski definition) is 3. The maximum Gasteiger partial charge on any atom is 0.211 e. The van der Waals surface area contributed by atoms with E-state index >= 15 is 0 Å². The molecule has 3 aromatic rings. The molecule has 3 rings (SSSR count). The van der Waals surface area contributed by atoms with Crippen LogP contribution in [0.25, 0.3) is 22.2 Å². The van der Waals surface area contributed by atoms with Crippen molar-refractivity contribution in [2.45, 2.75) is 0 Å². The number of aromatic nitrogens is 2. The van der Waals surface area contributed by atoms with Crippen molar-refractivity contribution in [3.8, 4) is 17.3 Å². The number of rotatable bonds is 1. The van der Waals surface area contributed by atoms with Crippen molar-refractivity contribution in [2.24, 2.45) is 0 Å². The normalized spacial score (nSPS) is 10.6. The topological polar surface area (TPSA) is 46.0 Å². The monoisotopic (exact) mass is 222 g/mol. The van der Waals surface area contributed by atoms with Crippen molar-refractivity contribution in [3.63, 3.8) is 0 Å². The summed E-state index contributed by atoms with van der Waals surface area (Å²) in [5.74, 6) is 0.0113. The van der Waals surface area contributed by atoms with Crippen LogP contribution in [0.5, 0.6) is 5.88 Å². The number of pyridine rings is 2. The van der Waals surface area contributed by atoms with E-state index in [1.165, 1.54) is 0 Å². The molecule has 17 heavy (non-hydrogen) atoms. The SMILES string of the molecule is Oc1cccc(-c2nccc3ccccc23)n1. The molecule has 2 heterocycles. The van der Waals surface area contributed by atoms with E-state index in [1.807, 2.05) is 36.4 Å². The summed E-state index contributed by atoms with van der Waals surface area (Å²) in [6.07, 6.45) is 1.75. The molecule has 3 nitrogen and oxygen atoms in total. The zero-order valence-corrected chi connectivity index (χ0v) is 9.04. The molecule has 3 heteroatoms. The van der Waals surface area contributed by atoms with Gasteiger partial charge in [-0.1, -0.05) is 30.3 Å². The van der Waals surface area contributed by atoms with Crippen LogP contribution in [-0.2, 0) is 0 Å². The van der Waals surface area contributed by atoms with Crippen LogP contribution in [0.3, 0.4) is 0 Å². The first-order valence-corrected chi connectivity index (χ1v) is 5.35. The molecule has 2 aromatic heterocycles. The minimum Gasteiger partial charge on any atom is -0.493 e. The minimum atomic E-state index is 0.0113. The summed E-state index contributed by atoms with van der Waals surface area (Å²) in [5.41, 5.74) is 1.47. The summed E-state index contributed by atoms with van der Waals surface area (Å²) in [5, 5.41) is 11.6. The highest BCUT2D eigenvalue weighted by Gasteiger charge is 2.06. The molecule has 1 aromatic carbocycles. The summed E-state index contributed by atoms with van der Waals surface area (Å²) in [6, 6.07) is 15.1. The zero-order valence-electron chi connectivity index (χ0n) is 9.04. The number of fused-ring (bicyclic) bond motifs is 1. The van der Waals surface area contributed by atoms with Crippen LogP contribution >= 0.6 is 0 Å². The average molecular weight is 222 g/mol. The van der Waals surface area contributed by atoms with E-state index < -0.39 is 0 Å². The van der Waals surface area contributed by atoms with Crippen LogP contribution in [0.15, 0.2) is 54.7 Å². The lowest BCUT2D eigenvalue weighted by Gasteiger charge is -2.04. The van der Waals surface area contributed by atoms with Gasteiger partial charge >= 0.3 is 0 Å². The van der Waals surface area contributed by atoms with Crippen molar-refractivity contribution in [1.82, 2.24) is 9.97 Å². The van der Waals surface area contributed by atoms with Gasteiger partial charge in [-0.2, -0.15) is 0 Å². The Morgan fingerprint density at radius 1 is 0.882 bits per heavy atom. The van der Waals surface area contributed by atoms with Gasteiger partial charge in [0.05, 0.1) is 11.4 Å². The van der Waals surface area contributed by atoms with Crippen LogP contribution in [0.1, 0.15) is 0 Å². The summed E-state index contributed by atoms with van der Waals surface area (Å²) in [4.78, 5) is 8.43. The van der Waals surface area contributed by atoms with E-state index in [0.717, 1.165) is 16.5 Å². The molecule has 82 valence electrons. The molecule has 0 saturated carbocycles. The maximum absolute atomic E-state index is 9.41. The van der Waals surface area contributed by atoms with E-state index in [2.05, 4.69) is 9.97 Å². The summed E-state index contributed by atoms with van der Waals surface area (Å²) in [7, 11) is 0. The first kappa shape index (κ1) is 9.78. The van der Waals surface area contributed by atoms with Crippen LogP contribution in [0.2, 0.25) is 0 Å². The number of hydrogen-bond donors (Lipinski definition) is 1. The second-order valence-corrected chi connectivity index (χ2v) is 3.76. The van der Waals surface area contributed by atoms with Crippen LogP contribution < -0.4 is 0 Å². The van der Waals surface area contributed by atoms with Crippen molar-refractivity contribution < 1.29 is 5.11 Å². The molecule has 0 unspecified atom stereocenters. The number of nitrogens with zero attached hydrogens (tertiary/aromatic N) is 2. The first-order chi connectivity index (χ1) is 8.34. The van der Waals surface area contributed by atoms with E-state index in [9.17, 15) is 5.11 Å². The van der Waals surface area contributed by atoms with Gasteiger partial charge in [-0.15, -0.1) is 0 Å². The smallest absolute Gasteiger partial charge is 0.211 e. The molecule has 0 atom stereocenters. The molecule has 1 N–H and O–H groups in total. The molecule has 0 fully saturated rings. The lowest BCUT2D eigenvalue weighted by Crippen LogP contribution is -1.88. The quantitative estimate of drug-likeness (QED) is 0.688. The third kappa shape index (κ3) is 1.72. The van der Waals surface area contributed by atoms with E-state index in [4.69, 9.17) is 0 Å². The predicted molar refractivity (Wildman–Crippen MR) is 66.6 cm³/mol. The van der Waals surface area contributed by atoms with E-state index in [-0.39, 0.29) is 5.88 Å². The molecule has 0 spiro atoms. The van der Waals surface area contributed by atoms with Crippen molar-refractivity contribution >= 4 is 10.8 Å². The lowest BCUT2D eigenvalue weighted by atomic mass is 10.1. The summed E-state index contributed by atoms with van der Waals surface area (Å²) >= 11 is 0. The Labute approximate surface area is 98.4 Å². The third-order valence-electron chi connectivity index (χ3n) is 2.65. The highest BCUT2D eigenvalue weighted by atomic mass is 16.3. The van der Waals surface area contributed by atoms with Gasteiger partial charge in [0.25, 0.3) is 0 Å². The van der Waals surface area contributed by atoms with Gasteiger partial charge in [0.15, 0.2) is 0 Å². The van der Waals surface area contributed by atoms with Crippen molar-refractivity contribution in [1.29, 1.82) is 0 Å². The largest absolute Gasteiger partial charge is 0.493 e. The van der Waals surface area contributed by atoms with Gasteiger partial charge in [0.1, 0.15) is 0 Å². The van der Waals surface area contributed by atoms with E-state index in [1.54, 1.807) is 18.3 Å². The standard InChI is InChI=1S/C14H10N2O/c17-13-7-3-6-12(16-13)14-11-5-2-1-4-10(11)8-9-15-14/h1-9H,(H,16,17). The summed E-state index contributed by atoms with van der Waals surface area (Å²) in [6.45, 7) is 0. The molecule has 0 bridgehead atoms. The fourth-order valence-electron chi connectivity index (χ4n) is 1.88. The van der Waals surface area contributed by atoms with Gasteiger partial charge in [-0.05, 0) is 17.5 Å². The molecular weight excluding hydrogens is 212 g/mol. The molecule has 0 saturated heterocycles. The Kier molecular flexibility index (Phi) is 2.22. The number of aromatic hydroxyl groups is 1. The Morgan fingerprint density at radius 2 is 1.76 bits per heavy atom. The Bertz CT molecular complexity index is 674. The molecule has 0 radical (unpaired) electrons. The predicted octanol–water partition coefficient (Wildman–Crippen LogP) is 3.00. The fourth-order valence-corrected chi connectivity index (χ4v) is 1.88. The molecular formula is C14H10N2O. The number of benzene rings is 1. The molecule has 0 aliphatic carbocycles. The van der Waals surface area contributed by atoms with Crippen LogP contribution in [0, 0.1) is 0 Å². The first-order valence-electron chi connectivity index (χ1n) is 5.35. The van der Waals surface area contributed by atoms with Crippen molar-refractivity contribution in [3.05, 3.63) is 54.7 Å². The van der Waals surface area contributed by atoms with Gasteiger partial charge in [-0.25, -0.2) is 4.98 Å². The van der Waals surface area contributed by atoms with Gasteiger partial charge < -0.3 is 5.11 Å². The summed E-state index contributed by atoms with van der Waals surface area (Å²) < 4.78 is 0. The fraction of sp³-hybridized carbons (Fsp3) is 0. The lowest BCUT2D eigenvalue weighted by molar-refractivity contribution is 0.454. The van der Waals surface area contributed by atoms with E-state index in [0.29, 0.717) is 5.69 Å². The van der Waals surface area contributed by atoms with Gasteiger partial charge in [0.2, 0.25) is 5.88 Å². The zero-order chi connectivity index (χ0) is 11.7. The van der Waals surface area contributed by atoms with Crippen molar-refractivity contribution in [2.75, 3.05) is 0 Å². The minimum absolute atomic E-state index is 0.0113. The molecule has 0 aliphatic heterocycles. The maximum atomic E-state index is 9.41.